The predicted molar refractivity (Wildman–Crippen MR) is 75.9 cm³/mol. The van der Waals surface area contributed by atoms with Crippen molar-refractivity contribution in [3.63, 3.8) is 0 Å². The summed E-state index contributed by atoms with van der Waals surface area (Å²) in [7, 11) is -1.65. The Kier molecular flexibility index (Phi) is 11.4. The topological polar surface area (TPSA) is 63.6 Å². The molecule has 0 spiro atoms. The number of carboxylic acids is 1. The highest BCUT2D eigenvalue weighted by atomic mass is 28.4. The van der Waals surface area contributed by atoms with Gasteiger partial charge in [0.2, 0.25) is 8.32 Å². The van der Waals surface area contributed by atoms with Crippen LogP contribution in [0.4, 0.5) is 0 Å². The van der Waals surface area contributed by atoms with Crippen molar-refractivity contribution in [2.75, 3.05) is 0 Å². The summed E-state index contributed by atoms with van der Waals surface area (Å²) in [5.41, 5.74) is 0. The van der Waals surface area contributed by atoms with Crippen LogP contribution in [-0.2, 0) is 14.0 Å². The van der Waals surface area contributed by atoms with Crippen LogP contribution in [-0.4, -0.2) is 25.4 Å². The molecule has 0 aromatic carbocycles. The van der Waals surface area contributed by atoms with Gasteiger partial charge < -0.3 is 9.53 Å². The number of carbonyl (C=O) groups excluding carboxylic acids is 1. The molecule has 0 saturated carbocycles. The molecule has 0 aromatic rings. The fourth-order valence-electron chi connectivity index (χ4n) is 0.838. The van der Waals surface area contributed by atoms with Crippen LogP contribution in [0.5, 0.6) is 0 Å². The van der Waals surface area contributed by atoms with Crippen molar-refractivity contribution in [3.05, 3.63) is 25.3 Å². The highest BCUT2D eigenvalue weighted by Crippen LogP contribution is 2.05. The van der Waals surface area contributed by atoms with E-state index >= 15 is 0 Å². The summed E-state index contributed by atoms with van der Waals surface area (Å²) in [6, 6.07) is 0. The molecule has 0 rings (SSSR count). The summed E-state index contributed by atoms with van der Waals surface area (Å²) >= 11 is 0. The van der Waals surface area contributed by atoms with Crippen molar-refractivity contribution in [1.29, 1.82) is 0 Å². The zero-order valence-electron chi connectivity index (χ0n) is 11.6. The van der Waals surface area contributed by atoms with Crippen LogP contribution in [0.15, 0.2) is 25.3 Å². The number of hydrogen-bond donors (Lipinski definition) is 1. The molecule has 5 heteroatoms. The van der Waals surface area contributed by atoms with Crippen LogP contribution in [0.3, 0.4) is 0 Å². The lowest BCUT2D eigenvalue weighted by atomic mass is 10.3. The maximum Gasteiger partial charge on any atom is 0.303 e. The van der Waals surface area contributed by atoms with Gasteiger partial charge in [0.25, 0.3) is 5.97 Å². The number of carbonyl (C=O) groups is 2. The third-order valence-electron chi connectivity index (χ3n) is 1.53. The zero-order chi connectivity index (χ0) is 14.6. The van der Waals surface area contributed by atoms with Crippen LogP contribution in [0.2, 0.25) is 19.6 Å². The number of allylic oxidation sites excluding steroid dienone is 2. The molecule has 0 heterocycles. The molecule has 0 bridgehead atoms. The smallest absolute Gasteiger partial charge is 0.303 e. The van der Waals surface area contributed by atoms with E-state index in [4.69, 9.17) is 9.53 Å². The SMILES string of the molecule is C=CCCC(=O)O.C=CCCC(=O)O[Si](C)(C)C. The molecule has 18 heavy (non-hydrogen) atoms. The van der Waals surface area contributed by atoms with Gasteiger partial charge in [-0.2, -0.15) is 0 Å². The quantitative estimate of drug-likeness (QED) is 0.570. The molecule has 0 radical (unpaired) electrons. The Hall–Kier alpha value is -1.36. The van der Waals surface area contributed by atoms with Gasteiger partial charge in [0, 0.05) is 12.8 Å². The molecule has 0 fully saturated rings. The first kappa shape index (κ1) is 19.0. The van der Waals surface area contributed by atoms with Crippen molar-refractivity contribution < 1.29 is 19.1 Å². The minimum absolute atomic E-state index is 0.0935. The third kappa shape index (κ3) is 20.1. The van der Waals surface area contributed by atoms with Crippen molar-refractivity contribution in [2.24, 2.45) is 0 Å². The van der Waals surface area contributed by atoms with E-state index in [-0.39, 0.29) is 12.4 Å². The summed E-state index contributed by atoms with van der Waals surface area (Å²) in [6.45, 7) is 12.9. The molecule has 104 valence electrons. The molecule has 0 aliphatic rings. The number of hydrogen-bond acceptors (Lipinski definition) is 3. The van der Waals surface area contributed by atoms with Gasteiger partial charge in [0.05, 0.1) is 0 Å². The van der Waals surface area contributed by atoms with E-state index < -0.39 is 14.3 Å². The Balaban J connectivity index is 0. The Morgan fingerprint density at radius 1 is 1.11 bits per heavy atom. The van der Waals surface area contributed by atoms with Gasteiger partial charge in [-0.25, -0.2) is 0 Å². The van der Waals surface area contributed by atoms with Gasteiger partial charge in [-0.05, 0) is 32.5 Å². The Labute approximate surface area is 110 Å². The van der Waals surface area contributed by atoms with Crippen LogP contribution in [0.1, 0.15) is 25.7 Å². The van der Waals surface area contributed by atoms with E-state index in [1.54, 1.807) is 12.2 Å². The first-order valence-electron chi connectivity index (χ1n) is 5.88. The van der Waals surface area contributed by atoms with E-state index in [1.807, 2.05) is 19.6 Å². The average Bonchev–Trinajstić information content (AvgIpc) is 2.22. The van der Waals surface area contributed by atoms with Gasteiger partial charge >= 0.3 is 5.97 Å². The lowest BCUT2D eigenvalue weighted by Gasteiger charge is -2.16. The number of carboxylic acid groups (broad SMARTS) is 1. The molecule has 0 aromatic heterocycles. The molecule has 0 aliphatic heterocycles. The van der Waals surface area contributed by atoms with Crippen LogP contribution in [0.25, 0.3) is 0 Å². The lowest BCUT2D eigenvalue weighted by Crippen LogP contribution is -2.28. The summed E-state index contributed by atoms with van der Waals surface area (Å²) in [6.07, 6.45) is 5.26. The Morgan fingerprint density at radius 2 is 1.56 bits per heavy atom. The second-order valence-electron chi connectivity index (χ2n) is 4.63. The molecule has 0 aliphatic carbocycles. The maximum atomic E-state index is 11.0. The zero-order valence-corrected chi connectivity index (χ0v) is 12.6. The Morgan fingerprint density at radius 3 is 1.83 bits per heavy atom. The van der Waals surface area contributed by atoms with Crippen molar-refractivity contribution in [1.82, 2.24) is 0 Å². The molecular weight excluding hydrogens is 248 g/mol. The first-order chi connectivity index (χ1) is 8.22. The second-order valence-corrected chi connectivity index (χ2v) is 9.06. The largest absolute Gasteiger partial charge is 0.520 e. The lowest BCUT2D eigenvalue weighted by molar-refractivity contribution is -0.137. The minimum Gasteiger partial charge on any atom is -0.520 e. The number of rotatable bonds is 7. The summed E-state index contributed by atoms with van der Waals surface area (Å²) in [5, 5.41) is 8.00. The summed E-state index contributed by atoms with van der Waals surface area (Å²) in [4.78, 5) is 20.7. The first-order valence-corrected chi connectivity index (χ1v) is 9.29. The predicted octanol–water partition coefficient (Wildman–Crippen LogP) is 3.37. The molecule has 0 amide bonds. The van der Waals surface area contributed by atoms with Gasteiger partial charge in [0.15, 0.2) is 0 Å². The van der Waals surface area contributed by atoms with Crippen molar-refractivity contribution in [3.8, 4) is 0 Å². The van der Waals surface area contributed by atoms with Gasteiger partial charge in [0.1, 0.15) is 0 Å². The van der Waals surface area contributed by atoms with Crippen LogP contribution >= 0.6 is 0 Å². The van der Waals surface area contributed by atoms with Crippen molar-refractivity contribution in [2.45, 2.75) is 45.3 Å². The van der Waals surface area contributed by atoms with E-state index in [1.165, 1.54) is 0 Å². The van der Waals surface area contributed by atoms with Gasteiger partial charge in [-0.1, -0.05) is 12.2 Å². The Bertz CT molecular complexity index is 279. The molecule has 0 saturated heterocycles. The fraction of sp³-hybridized carbons (Fsp3) is 0.538. The fourth-order valence-corrected chi connectivity index (χ4v) is 1.62. The minimum atomic E-state index is -1.65. The summed E-state index contributed by atoms with van der Waals surface area (Å²) < 4.78 is 5.19. The van der Waals surface area contributed by atoms with Crippen LogP contribution in [0, 0.1) is 0 Å². The van der Waals surface area contributed by atoms with Gasteiger partial charge in [-0.15, -0.1) is 13.2 Å². The number of aliphatic carboxylic acids is 1. The normalized spacial score (nSPS) is 9.72. The highest BCUT2D eigenvalue weighted by molar-refractivity contribution is 6.71. The average molecular weight is 272 g/mol. The van der Waals surface area contributed by atoms with E-state index in [0.29, 0.717) is 19.3 Å². The van der Waals surface area contributed by atoms with Crippen molar-refractivity contribution >= 4 is 20.3 Å². The third-order valence-corrected chi connectivity index (χ3v) is 2.37. The standard InChI is InChI=1S/C8H16O2Si.C5H8O2/c1-5-6-7-8(9)10-11(2,3)4;1-2-3-4-5(6)7/h5H,1,6-7H2,2-4H3;2H,1,3-4H2,(H,6,7). The molecular formula is C13H24O4Si. The molecule has 0 atom stereocenters. The molecule has 0 unspecified atom stereocenters. The maximum absolute atomic E-state index is 11.0. The monoisotopic (exact) mass is 272 g/mol. The molecule has 1 N–H and O–H groups in total. The summed E-state index contributed by atoms with van der Waals surface area (Å²) in [5.74, 6) is -0.857. The molecule has 4 nitrogen and oxygen atoms in total. The highest BCUT2D eigenvalue weighted by Gasteiger charge is 2.18. The van der Waals surface area contributed by atoms with E-state index in [9.17, 15) is 9.59 Å². The van der Waals surface area contributed by atoms with Gasteiger partial charge in [-0.3, -0.25) is 9.59 Å². The second kappa shape index (κ2) is 10.8. The van der Waals surface area contributed by atoms with E-state index in [2.05, 4.69) is 13.2 Å². The van der Waals surface area contributed by atoms with E-state index in [0.717, 1.165) is 0 Å². The van der Waals surface area contributed by atoms with Crippen LogP contribution < -0.4 is 0 Å².